The van der Waals surface area contributed by atoms with Gasteiger partial charge in [0.1, 0.15) is 5.01 Å². The maximum atomic E-state index is 4.33. The molecule has 0 amide bonds. The van der Waals surface area contributed by atoms with E-state index in [0.29, 0.717) is 0 Å². The third kappa shape index (κ3) is 1.65. The third-order valence-electron chi connectivity index (χ3n) is 3.57. The SMILES string of the molecule is CCCc1nnc(N2CC3CCC2C3)s1. The van der Waals surface area contributed by atoms with Gasteiger partial charge in [0.2, 0.25) is 5.13 Å². The summed E-state index contributed by atoms with van der Waals surface area (Å²) in [6.45, 7) is 3.42. The monoisotopic (exact) mass is 223 g/mol. The molecule has 0 aromatic carbocycles. The Bertz CT molecular complexity index is 349. The zero-order valence-corrected chi connectivity index (χ0v) is 9.96. The first-order valence-corrected chi connectivity index (χ1v) is 6.77. The van der Waals surface area contributed by atoms with Crippen molar-refractivity contribution in [1.82, 2.24) is 10.2 Å². The maximum absolute atomic E-state index is 4.33. The molecular formula is C11H17N3S. The van der Waals surface area contributed by atoms with Crippen LogP contribution in [0.3, 0.4) is 0 Å². The van der Waals surface area contributed by atoms with Gasteiger partial charge in [-0.25, -0.2) is 0 Å². The lowest BCUT2D eigenvalue weighted by atomic mass is 10.1. The van der Waals surface area contributed by atoms with E-state index in [2.05, 4.69) is 22.0 Å². The Balaban J connectivity index is 1.75. The van der Waals surface area contributed by atoms with Crippen LogP contribution in [0.2, 0.25) is 0 Å². The van der Waals surface area contributed by atoms with E-state index < -0.39 is 0 Å². The van der Waals surface area contributed by atoms with Gasteiger partial charge in [-0.3, -0.25) is 0 Å². The first-order valence-electron chi connectivity index (χ1n) is 5.96. The van der Waals surface area contributed by atoms with Crippen molar-refractivity contribution in [3.8, 4) is 0 Å². The van der Waals surface area contributed by atoms with E-state index in [1.54, 1.807) is 11.3 Å². The van der Waals surface area contributed by atoms with Gasteiger partial charge in [-0.05, 0) is 31.6 Å². The van der Waals surface area contributed by atoms with Crippen LogP contribution >= 0.6 is 11.3 Å². The number of hydrogen-bond acceptors (Lipinski definition) is 4. The number of fused-ring (bicyclic) bond motifs is 2. The van der Waals surface area contributed by atoms with E-state index in [0.717, 1.165) is 18.4 Å². The first kappa shape index (κ1) is 9.58. The fraction of sp³-hybridized carbons (Fsp3) is 0.818. The number of nitrogens with zero attached hydrogens (tertiary/aromatic N) is 3. The molecule has 2 aliphatic rings. The number of aromatic nitrogens is 2. The highest BCUT2D eigenvalue weighted by molar-refractivity contribution is 7.15. The number of piperidine rings is 1. The number of anilines is 1. The van der Waals surface area contributed by atoms with Gasteiger partial charge < -0.3 is 4.90 Å². The predicted octanol–water partition coefficient (Wildman–Crippen LogP) is 2.48. The molecule has 2 heterocycles. The maximum Gasteiger partial charge on any atom is 0.208 e. The van der Waals surface area contributed by atoms with E-state index in [1.165, 1.54) is 42.4 Å². The fourth-order valence-electron chi connectivity index (χ4n) is 2.83. The Labute approximate surface area is 94.5 Å². The van der Waals surface area contributed by atoms with Crippen molar-refractivity contribution in [3.05, 3.63) is 5.01 Å². The zero-order valence-electron chi connectivity index (χ0n) is 9.15. The van der Waals surface area contributed by atoms with Crippen LogP contribution in [0.15, 0.2) is 0 Å². The van der Waals surface area contributed by atoms with Crippen molar-refractivity contribution < 1.29 is 0 Å². The second-order valence-corrected chi connectivity index (χ2v) is 5.75. The van der Waals surface area contributed by atoms with Crippen LogP contribution in [-0.2, 0) is 6.42 Å². The average molecular weight is 223 g/mol. The lowest BCUT2D eigenvalue weighted by Crippen LogP contribution is -2.31. The Hall–Kier alpha value is -0.640. The standard InChI is InChI=1S/C11H17N3S/c1-2-3-10-12-13-11(15-10)14-7-8-4-5-9(14)6-8/h8-9H,2-7H2,1H3. The molecule has 2 atom stereocenters. The van der Waals surface area contributed by atoms with Crippen LogP contribution in [0.1, 0.15) is 37.6 Å². The molecule has 0 spiro atoms. The van der Waals surface area contributed by atoms with Crippen molar-refractivity contribution >= 4 is 16.5 Å². The van der Waals surface area contributed by atoms with E-state index in [4.69, 9.17) is 0 Å². The van der Waals surface area contributed by atoms with Crippen LogP contribution in [0.4, 0.5) is 5.13 Å². The van der Waals surface area contributed by atoms with Gasteiger partial charge in [0.05, 0.1) is 0 Å². The Morgan fingerprint density at radius 3 is 3.00 bits per heavy atom. The van der Waals surface area contributed by atoms with Gasteiger partial charge in [0.25, 0.3) is 0 Å². The number of hydrogen-bond donors (Lipinski definition) is 0. The molecular weight excluding hydrogens is 206 g/mol. The lowest BCUT2D eigenvalue weighted by molar-refractivity contribution is 0.552. The molecule has 1 aliphatic carbocycles. The van der Waals surface area contributed by atoms with Crippen molar-refractivity contribution in [1.29, 1.82) is 0 Å². The molecule has 82 valence electrons. The summed E-state index contributed by atoms with van der Waals surface area (Å²) in [5.74, 6) is 0.938. The second kappa shape index (κ2) is 3.74. The van der Waals surface area contributed by atoms with Gasteiger partial charge in [-0.15, -0.1) is 10.2 Å². The molecule has 3 nitrogen and oxygen atoms in total. The molecule has 0 N–H and O–H groups in total. The number of aryl methyl sites for hydroxylation is 1. The van der Waals surface area contributed by atoms with Gasteiger partial charge in [-0.1, -0.05) is 18.3 Å². The normalized spacial score (nSPS) is 29.0. The lowest BCUT2D eigenvalue weighted by Gasteiger charge is -2.25. The topological polar surface area (TPSA) is 29.0 Å². The summed E-state index contributed by atoms with van der Waals surface area (Å²) in [5, 5.41) is 11.0. The molecule has 2 unspecified atom stereocenters. The van der Waals surface area contributed by atoms with E-state index in [-0.39, 0.29) is 0 Å². The highest BCUT2D eigenvalue weighted by Crippen LogP contribution is 2.40. The summed E-state index contributed by atoms with van der Waals surface area (Å²) in [6.07, 6.45) is 6.44. The summed E-state index contributed by atoms with van der Waals surface area (Å²) in [4.78, 5) is 2.49. The van der Waals surface area contributed by atoms with E-state index in [9.17, 15) is 0 Å². The van der Waals surface area contributed by atoms with Crippen molar-refractivity contribution in [2.75, 3.05) is 11.4 Å². The quantitative estimate of drug-likeness (QED) is 0.788. The molecule has 1 saturated heterocycles. The third-order valence-corrected chi connectivity index (χ3v) is 4.60. The minimum Gasteiger partial charge on any atom is -0.343 e. The Morgan fingerprint density at radius 2 is 2.33 bits per heavy atom. The Kier molecular flexibility index (Phi) is 2.39. The van der Waals surface area contributed by atoms with Crippen LogP contribution < -0.4 is 4.90 Å². The minimum atomic E-state index is 0.775. The highest BCUT2D eigenvalue weighted by atomic mass is 32.1. The summed E-state index contributed by atoms with van der Waals surface area (Å²) in [5.41, 5.74) is 0. The fourth-order valence-corrected chi connectivity index (χ4v) is 3.86. The molecule has 2 bridgehead atoms. The van der Waals surface area contributed by atoms with Crippen molar-refractivity contribution in [3.63, 3.8) is 0 Å². The van der Waals surface area contributed by atoms with Crippen LogP contribution in [0.5, 0.6) is 0 Å². The predicted molar refractivity (Wildman–Crippen MR) is 62.4 cm³/mol. The molecule has 3 rings (SSSR count). The highest BCUT2D eigenvalue weighted by Gasteiger charge is 2.39. The van der Waals surface area contributed by atoms with Gasteiger partial charge in [-0.2, -0.15) is 0 Å². The summed E-state index contributed by atoms with van der Waals surface area (Å²) in [7, 11) is 0. The van der Waals surface area contributed by atoms with E-state index >= 15 is 0 Å². The summed E-state index contributed by atoms with van der Waals surface area (Å²) in [6, 6.07) is 0.775. The minimum absolute atomic E-state index is 0.775. The molecule has 4 heteroatoms. The van der Waals surface area contributed by atoms with Crippen molar-refractivity contribution in [2.24, 2.45) is 5.92 Å². The number of rotatable bonds is 3. The largest absolute Gasteiger partial charge is 0.343 e. The van der Waals surface area contributed by atoms with Gasteiger partial charge in [0.15, 0.2) is 0 Å². The smallest absolute Gasteiger partial charge is 0.208 e. The average Bonchev–Trinajstić information content (AvgIpc) is 2.91. The van der Waals surface area contributed by atoms with Crippen molar-refractivity contribution in [2.45, 2.75) is 45.1 Å². The summed E-state index contributed by atoms with van der Waals surface area (Å²) >= 11 is 1.80. The molecule has 15 heavy (non-hydrogen) atoms. The summed E-state index contributed by atoms with van der Waals surface area (Å²) < 4.78 is 0. The molecule has 1 aromatic heterocycles. The van der Waals surface area contributed by atoms with E-state index in [1.807, 2.05) is 0 Å². The van der Waals surface area contributed by atoms with Gasteiger partial charge >= 0.3 is 0 Å². The molecule has 1 aliphatic heterocycles. The second-order valence-electron chi connectivity index (χ2n) is 4.71. The first-order chi connectivity index (χ1) is 7.36. The molecule has 0 radical (unpaired) electrons. The van der Waals surface area contributed by atoms with Crippen LogP contribution in [0.25, 0.3) is 0 Å². The zero-order chi connectivity index (χ0) is 10.3. The van der Waals surface area contributed by atoms with Gasteiger partial charge in [0, 0.05) is 19.0 Å². The van der Waals surface area contributed by atoms with Crippen LogP contribution in [-0.4, -0.2) is 22.8 Å². The molecule has 1 aromatic rings. The molecule has 2 fully saturated rings. The van der Waals surface area contributed by atoms with Crippen LogP contribution in [0, 0.1) is 5.92 Å². The molecule has 1 saturated carbocycles. The Morgan fingerprint density at radius 1 is 1.40 bits per heavy atom.